The van der Waals surface area contributed by atoms with Crippen LogP contribution in [0.1, 0.15) is 32.1 Å². The van der Waals surface area contributed by atoms with Crippen molar-refractivity contribution in [1.29, 1.82) is 0 Å². The highest BCUT2D eigenvalue weighted by atomic mass is 79.9. The van der Waals surface area contributed by atoms with E-state index in [9.17, 15) is 4.79 Å². The Hall–Kier alpha value is -0.0900. The molecule has 4 heteroatoms. The normalized spacial score (nSPS) is 17.7. The number of carbonyl (C=O) groups excluding carboxylic acids is 1. The zero-order valence-corrected chi connectivity index (χ0v) is 10.9. The molecule has 1 aliphatic rings. The molecule has 1 fully saturated rings. The molecule has 0 radical (unpaired) electrons. The first-order chi connectivity index (χ1) is 7.33. The predicted molar refractivity (Wildman–Crippen MR) is 66.3 cm³/mol. The summed E-state index contributed by atoms with van der Waals surface area (Å²) in [7, 11) is 0. The molecule has 0 atom stereocenters. The molecule has 1 rings (SSSR count). The number of rotatable bonds is 6. The molecule has 1 aliphatic heterocycles. The Morgan fingerprint density at radius 2 is 2.00 bits per heavy atom. The van der Waals surface area contributed by atoms with E-state index in [1.807, 2.05) is 0 Å². The second kappa shape index (κ2) is 8.11. The molecule has 0 unspecified atom stereocenters. The molecule has 1 saturated heterocycles. The van der Waals surface area contributed by atoms with Crippen molar-refractivity contribution in [3.8, 4) is 0 Å². The van der Waals surface area contributed by atoms with Crippen molar-refractivity contribution < 1.29 is 4.79 Å². The molecule has 0 aliphatic carbocycles. The minimum absolute atomic E-state index is 0.158. The molecule has 0 saturated carbocycles. The first-order valence-electron chi connectivity index (χ1n) is 5.88. The van der Waals surface area contributed by atoms with Gasteiger partial charge in [-0.05, 0) is 38.9 Å². The van der Waals surface area contributed by atoms with Crippen molar-refractivity contribution in [3.05, 3.63) is 0 Å². The number of alkyl halides is 1. The minimum Gasteiger partial charge on any atom is -0.356 e. The van der Waals surface area contributed by atoms with Crippen molar-refractivity contribution in [2.45, 2.75) is 32.1 Å². The van der Waals surface area contributed by atoms with Gasteiger partial charge in [0.15, 0.2) is 0 Å². The second-order valence-electron chi connectivity index (χ2n) is 4.04. The van der Waals surface area contributed by atoms with E-state index in [1.165, 1.54) is 32.4 Å². The van der Waals surface area contributed by atoms with Gasteiger partial charge in [-0.3, -0.25) is 4.79 Å². The molecule has 0 aromatic carbocycles. The lowest BCUT2D eigenvalue weighted by Crippen LogP contribution is -2.33. The number of hydrogen-bond donors (Lipinski definition) is 1. The van der Waals surface area contributed by atoms with Gasteiger partial charge in [-0.2, -0.15) is 0 Å². The summed E-state index contributed by atoms with van der Waals surface area (Å²) in [6.45, 7) is 4.45. The summed E-state index contributed by atoms with van der Waals surface area (Å²) in [6, 6.07) is 0. The summed E-state index contributed by atoms with van der Waals surface area (Å²) < 4.78 is 0. The summed E-state index contributed by atoms with van der Waals surface area (Å²) in [4.78, 5) is 13.6. The van der Waals surface area contributed by atoms with Crippen molar-refractivity contribution >= 4 is 21.8 Å². The maximum atomic E-state index is 11.1. The highest BCUT2D eigenvalue weighted by Gasteiger charge is 2.08. The fraction of sp³-hybridized carbons (Fsp3) is 0.909. The molecule has 0 bridgehead atoms. The molecule has 0 aromatic rings. The van der Waals surface area contributed by atoms with E-state index >= 15 is 0 Å². The van der Waals surface area contributed by atoms with E-state index < -0.39 is 0 Å². The molecule has 0 spiro atoms. The van der Waals surface area contributed by atoms with Gasteiger partial charge in [0.25, 0.3) is 0 Å². The number of nitrogens with zero attached hydrogens (tertiary/aromatic N) is 1. The monoisotopic (exact) mass is 276 g/mol. The molecule has 1 amide bonds. The van der Waals surface area contributed by atoms with Crippen LogP contribution in [0.2, 0.25) is 0 Å². The number of piperidine rings is 1. The van der Waals surface area contributed by atoms with Crippen LogP contribution in [0.15, 0.2) is 0 Å². The van der Waals surface area contributed by atoms with E-state index in [2.05, 4.69) is 26.1 Å². The van der Waals surface area contributed by atoms with E-state index in [0.717, 1.165) is 24.8 Å². The SMILES string of the molecule is O=C(CCBr)NCCCN1CCCCC1. The van der Waals surface area contributed by atoms with Crippen LogP contribution in [0, 0.1) is 0 Å². The Kier molecular flexibility index (Phi) is 7.01. The topological polar surface area (TPSA) is 32.3 Å². The number of nitrogens with one attached hydrogen (secondary N) is 1. The van der Waals surface area contributed by atoms with E-state index in [4.69, 9.17) is 0 Å². The average Bonchev–Trinajstić information content (AvgIpc) is 2.26. The van der Waals surface area contributed by atoms with Crippen LogP contribution in [0.4, 0.5) is 0 Å². The van der Waals surface area contributed by atoms with Crippen LogP contribution in [-0.4, -0.2) is 42.3 Å². The summed E-state index contributed by atoms with van der Waals surface area (Å²) in [5, 5.41) is 3.68. The predicted octanol–water partition coefficient (Wildman–Crippen LogP) is 1.76. The third kappa shape index (κ3) is 6.15. The Morgan fingerprint density at radius 3 is 2.67 bits per heavy atom. The molecule has 88 valence electrons. The van der Waals surface area contributed by atoms with Crippen molar-refractivity contribution in [3.63, 3.8) is 0 Å². The number of amides is 1. The summed E-state index contributed by atoms with van der Waals surface area (Å²) in [5.74, 6) is 0.158. The minimum atomic E-state index is 0.158. The zero-order chi connectivity index (χ0) is 10.9. The standard InChI is InChI=1S/C11H21BrN2O/c12-6-5-11(15)13-7-4-10-14-8-2-1-3-9-14/h1-10H2,(H,13,15). The third-order valence-electron chi connectivity index (χ3n) is 2.74. The first kappa shape index (κ1) is 13.0. The Balaban J connectivity index is 1.93. The van der Waals surface area contributed by atoms with Crippen LogP contribution in [-0.2, 0) is 4.79 Å². The van der Waals surface area contributed by atoms with Crippen molar-refractivity contribution in [1.82, 2.24) is 10.2 Å². The molecule has 15 heavy (non-hydrogen) atoms. The fourth-order valence-corrected chi connectivity index (χ4v) is 2.25. The number of halogens is 1. The number of carbonyl (C=O) groups is 1. The molecule has 0 aromatic heterocycles. The van der Waals surface area contributed by atoms with E-state index in [0.29, 0.717) is 6.42 Å². The average molecular weight is 277 g/mol. The summed E-state index contributed by atoms with van der Waals surface area (Å²) >= 11 is 3.25. The van der Waals surface area contributed by atoms with E-state index in [1.54, 1.807) is 0 Å². The van der Waals surface area contributed by atoms with Gasteiger partial charge >= 0.3 is 0 Å². The maximum Gasteiger partial charge on any atom is 0.220 e. The van der Waals surface area contributed by atoms with Gasteiger partial charge in [-0.1, -0.05) is 22.4 Å². The smallest absolute Gasteiger partial charge is 0.220 e. The van der Waals surface area contributed by atoms with Gasteiger partial charge in [-0.25, -0.2) is 0 Å². The van der Waals surface area contributed by atoms with Gasteiger partial charge < -0.3 is 10.2 Å². The Labute approximate surface area is 101 Å². The fourth-order valence-electron chi connectivity index (χ4n) is 1.89. The summed E-state index contributed by atoms with van der Waals surface area (Å²) in [5.41, 5.74) is 0. The molecule has 1 N–H and O–H groups in total. The highest BCUT2D eigenvalue weighted by Crippen LogP contribution is 2.08. The number of hydrogen-bond acceptors (Lipinski definition) is 2. The van der Waals surface area contributed by atoms with E-state index in [-0.39, 0.29) is 5.91 Å². The van der Waals surface area contributed by atoms with Crippen LogP contribution in [0.3, 0.4) is 0 Å². The van der Waals surface area contributed by atoms with Crippen LogP contribution >= 0.6 is 15.9 Å². The zero-order valence-electron chi connectivity index (χ0n) is 9.30. The lowest BCUT2D eigenvalue weighted by molar-refractivity contribution is -0.120. The molecule has 3 nitrogen and oxygen atoms in total. The number of likely N-dealkylation sites (tertiary alicyclic amines) is 1. The largest absolute Gasteiger partial charge is 0.356 e. The van der Waals surface area contributed by atoms with Gasteiger partial charge in [-0.15, -0.1) is 0 Å². The third-order valence-corrected chi connectivity index (χ3v) is 3.14. The quantitative estimate of drug-likeness (QED) is 0.592. The van der Waals surface area contributed by atoms with Gasteiger partial charge in [0, 0.05) is 18.3 Å². The molecule has 1 heterocycles. The molecular weight excluding hydrogens is 256 g/mol. The van der Waals surface area contributed by atoms with Crippen LogP contribution in [0.5, 0.6) is 0 Å². The Bertz CT molecular complexity index is 181. The lowest BCUT2D eigenvalue weighted by Gasteiger charge is -2.26. The summed E-state index contributed by atoms with van der Waals surface area (Å²) in [6.07, 6.45) is 5.74. The van der Waals surface area contributed by atoms with Crippen molar-refractivity contribution in [2.24, 2.45) is 0 Å². The first-order valence-corrected chi connectivity index (χ1v) is 7.00. The lowest BCUT2D eigenvalue weighted by atomic mass is 10.1. The molecular formula is C11H21BrN2O. The van der Waals surface area contributed by atoms with Gasteiger partial charge in [0.1, 0.15) is 0 Å². The Morgan fingerprint density at radius 1 is 1.27 bits per heavy atom. The van der Waals surface area contributed by atoms with Crippen LogP contribution < -0.4 is 5.32 Å². The maximum absolute atomic E-state index is 11.1. The highest BCUT2D eigenvalue weighted by molar-refractivity contribution is 9.09. The van der Waals surface area contributed by atoms with Crippen LogP contribution in [0.25, 0.3) is 0 Å². The second-order valence-corrected chi connectivity index (χ2v) is 4.84. The van der Waals surface area contributed by atoms with Crippen molar-refractivity contribution in [2.75, 3.05) is 31.5 Å². The van der Waals surface area contributed by atoms with Gasteiger partial charge in [0.2, 0.25) is 5.91 Å². The van der Waals surface area contributed by atoms with Gasteiger partial charge in [0.05, 0.1) is 0 Å².